The second-order valence-corrected chi connectivity index (χ2v) is 7.42. The zero-order chi connectivity index (χ0) is 16.3. The fourth-order valence-corrected chi connectivity index (χ4v) is 4.12. The first-order chi connectivity index (χ1) is 11.1. The highest BCUT2D eigenvalue weighted by Crippen LogP contribution is 2.29. The second-order valence-electron chi connectivity index (χ2n) is 7.42. The molecule has 1 atom stereocenters. The van der Waals surface area contributed by atoms with Crippen LogP contribution in [0.2, 0.25) is 0 Å². The van der Waals surface area contributed by atoms with Crippen molar-refractivity contribution < 1.29 is 4.79 Å². The molecule has 2 N–H and O–H groups in total. The molecule has 3 rings (SSSR count). The van der Waals surface area contributed by atoms with E-state index in [1.165, 1.54) is 12.0 Å². The zero-order valence-electron chi connectivity index (χ0n) is 14.2. The highest BCUT2D eigenvalue weighted by atomic mass is 16.2. The molecule has 23 heavy (non-hydrogen) atoms. The van der Waals surface area contributed by atoms with Gasteiger partial charge in [-0.15, -0.1) is 0 Å². The highest BCUT2D eigenvalue weighted by Gasteiger charge is 2.39. The molecule has 1 aromatic carbocycles. The Labute approximate surface area is 139 Å². The fraction of sp³-hybridized carbons (Fsp3) is 0.632. The van der Waals surface area contributed by atoms with Gasteiger partial charge in [0.1, 0.15) is 0 Å². The van der Waals surface area contributed by atoms with E-state index in [9.17, 15) is 4.79 Å². The number of hydrogen-bond acceptors (Lipinski definition) is 3. The predicted octanol–water partition coefficient (Wildman–Crippen LogP) is 2.24. The van der Waals surface area contributed by atoms with Crippen molar-refractivity contribution in [2.24, 2.45) is 11.7 Å². The van der Waals surface area contributed by atoms with E-state index in [0.717, 1.165) is 51.9 Å². The molecule has 2 fully saturated rings. The molecule has 4 nitrogen and oxygen atoms in total. The van der Waals surface area contributed by atoms with Gasteiger partial charge in [-0.05, 0) is 37.3 Å². The summed E-state index contributed by atoms with van der Waals surface area (Å²) in [5, 5.41) is 0. The van der Waals surface area contributed by atoms with Gasteiger partial charge in [0, 0.05) is 26.7 Å². The van der Waals surface area contributed by atoms with Crippen molar-refractivity contribution in [1.82, 2.24) is 9.80 Å². The number of amides is 1. The van der Waals surface area contributed by atoms with Crippen LogP contribution in [0.4, 0.5) is 0 Å². The van der Waals surface area contributed by atoms with Gasteiger partial charge in [-0.2, -0.15) is 0 Å². The molecule has 1 aliphatic heterocycles. The van der Waals surface area contributed by atoms with Crippen molar-refractivity contribution in [2.75, 3.05) is 26.7 Å². The third kappa shape index (κ3) is 3.93. The number of benzene rings is 1. The monoisotopic (exact) mass is 315 g/mol. The molecular formula is C19H29N3O. The summed E-state index contributed by atoms with van der Waals surface area (Å²) < 4.78 is 0. The van der Waals surface area contributed by atoms with Crippen LogP contribution in [0.5, 0.6) is 0 Å². The molecule has 1 aliphatic carbocycles. The van der Waals surface area contributed by atoms with Crippen LogP contribution in [0.25, 0.3) is 0 Å². The molecule has 1 amide bonds. The Kier molecular flexibility index (Phi) is 5.02. The molecule has 126 valence electrons. The van der Waals surface area contributed by atoms with Crippen LogP contribution >= 0.6 is 0 Å². The van der Waals surface area contributed by atoms with E-state index in [1.807, 2.05) is 11.9 Å². The molecule has 2 aliphatic rings. The van der Waals surface area contributed by atoms with Crippen LogP contribution in [0.15, 0.2) is 30.3 Å². The summed E-state index contributed by atoms with van der Waals surface area (Å²) >= 11 is 0. The van der Waals surface area contributed by atoms with Crippen LogP contribution in [0.1, 0.15) is 37.7 Å². The number of carbonyl (C=O) groups excluding carboxylic acids is 1. The van der Waals surface area contributed by atoms with Crippen molar-refractivity contribution >= 4 is 5.91 Å². The van der Waals surface area contributed by atoms with Gasteiger partial charge in [0.2, 0.25) is 5.91 Å². The lowest BCUT2D eigenvalue weighted by Crippen LogP contribution is -2.53. The van der Waals surface area contributed by atoms with Crippen molar-refractivity contribution in [1.29, 1.82) is 0 Å². The van der Waals surface area contributed by atoms with E-state index < -0.39 is 5.54 Å². The Balaban J connectivity index is 1.48. The summed E-state index contributed by atoms with van der Waals surface area (Å²) in [6.07, 6.45) is 5.04. The van der Waals surface area contributed by atoms with E-state index in [1.54, 1.807) is 0 Å². The van der Waals surface area contributed by atoms with E-state index >= 15 is 0 Å². The number of likely N-dealkylation sites (N-methyl/N-ethyl adjacent to an activating group) is 1. The molecule has 1 saturated heterocycles. The Hall–Kier alpha value is -1.39. The Morgan fingerprint density at radius 3 is 2.70 bits per heavy atom. The first-order valence-corrected chi connectivity index (χ1v) is 8.87. The zero-order valence-corrected chi connectivity index (χ0v) is 14.2. The highest BCUT2D eigenvalue weighted by molar-refractivity contribution is 5.86. The van der Waals surface area contributed by atoms with Gasteiger partial charge < -0.3 is 10.6 Å². The van der Waals surface area contributed by atoms with Crippen molar-refractivity contribution in [2.45, 2.75) is 44.2 Å². The van der Waals surface area contributed by atoms with E-state index in [4.69, 9.17) is 5.73 Å². The third-order valence-electron chi connectivity index (χ3n) is 5.42. The minimum Gasteiger partial charge on any atom is -0.344 e. The average molecular weight is 315 g/mol. The Morgan fingerprint density at radius 1 is 1.30 bits per heavy atom. The number of nitrogens with two attached hydrogens (primary N) is 1. The maximum atomic E-state index is 12.6. The first kappa shape index (κ1) is 16.5. The maximum absolute atomic E-state index is 12.6. The minimum absolute atomic E-state index is 0.150. The van der Waals surface area contributed by atoms with Crippen LogP contribution < -0.4 is 5.73 Å². The third-order valence-corrected chi connectivity index (χ3v) is 5.42. The number of likely N-dealkylation sites (tertiary alicyclic amines) is 1. The summed E-state index contributed by atoms with van der Waals surface area (Å²) in [6, 6.07) is 10.6. The standard InChI is InChI=1S/C19H29N3O/c1-21(18(23)19(20)10-5-6-11-19)13-17-9-12-22(15-17)14-16-7-3-2-4-8-16/h2-4,7-8,17H,5-6,9-15,20H2,1H3. The normalized spacial score (nSPS) is 24.0. The summed E-state index contributed by atoms with van der Waals surface area (Å²) in [4.78, 5) is 17.0. The van der Waals surface area contributed by atoms with Crippen LogP contribution in [0.3, 0.4) is 0 Å². The quantitative estimate of drug-likeness (QED) is 0.906. The predicted molar refractivity (Wildman–Crippen MR) is 92.8 cm³/mol. The summed E-state index contributed by atoms with van der Waals surface area (Å²) in [5.41, 5.74) is 7.08. The molecule has 0 radical (unpaired) electrons. The molecule has 0 bridgehead atoms. The van der Waals surface area contributed by atoms with E-state index in [-0.39, 0.29) is 5.91 Å². The van der Waals surface area contributed by atoms with E-state index in [2.05, 4.69) is 35.2 Å². The molecule has 0 aromatic heterocycles. The molecule has 1 saturated carbocycles. The van der Waals surface area contributed by atoms with Gasteiger partial charge in [-0.3, -0.25) is 9.69 Å². The molecule has 4 heteroatoms. The average Bonchev–Trinajstić information content (AvgIpc) is 3.18. The topological polar surface area (TPSA) is 49.6 Å². The number of carbonyl (C=O) groups is 1. The lowest BCUT2D eigenvalue weighted by Gasteiger charge is -2.30. The Bertz CT molecular complexity index is 525. The smallest absolute Gasteiger partial charge is 0.242 e. The van der Waals surface area contributed by atoms with Gasteiger partial charge in [0.05, 0.1) is 5.54 Å². The second kappa shape index (κ2) is 7.02. The van der Waals surface area contributed by atoms with Crippen molar-refractivity contribution in [3.8, 4) is 0 Å². The molecule has 1 heterocycles. The van der Waals surface area contributed by atoms with Crippen molar-refractivity contribution in [3.05, 3.63) is 35.9 Å². The Morgan fingerprint density at radius 2 is 2.00 bits per heavy atom. The van der Waals surface area contributed by atoms with Crippen molar-refractivity contribution in [3.63, 3.8) is 0 Å². The number of rotatable bonds is 5. The molecular weight excluding hydrogens is 286 g/mol. The van der Waals surface area contributed by atoms with E-state index in [0.29, 0.717) is 5.92 Å². The lowest BCUT2D eigenvalue weighted by molar-refractivity contribution is -0.136. The minimum atomic E-state index is -0.586. The summed E-state index contributed by atoms with van der Waals surface area (Å²) in [7, 11) is 1.93. The van der Waals surface area contributed by atoms with Crippen LogP contribution in [0, 0.1) is 5.92 Å². The van der Waals surface area contributed by atoms with Crippen LogP contribution in [-0.2, 0) is 11.3 Å². The number of hydrogen-bond donors (Lipinski definition) is 1. The largest absolute Gasteiger partial charge is 0.344 e. The summed E-state index contributed by atoms with van der Waals surface area (Å²) in [6.45, 7) is 4.04. The van der Waals surface area contributed by atoms with Crippen LogP contribution in [-0.4, -0.2) is 47.9 Å². The molecule has 0 spiro atoms. The maximum Gasteiger partial charge on any atom is 0.242 e. The molecule has 1 unspecified atom stereocenters. The summed E-state index contributed by atoms with van der Waals surface area (Å²) in [5.74, 6) is 0.717. The molecule has 1 aromatic rings. The van der Waals surface area contributed by atoms with Gasteiger partial charge >= 0.3 is 0 Å². The first-order valence-electron chi connectivity index (χ1n) is 8.87. The van der Waals surface area contributed by atoms with Gasteiger partial charge in [-0.1, -0.05) is 43.2 Å². The SMILES string of the molecule is CN(CC1CCN(Cc2ccccc2)C1)C(=O)C1(N)CCCC1. The van der Waals surface area contributed by atoms with Gasteiger partial charge in [0.15, 0.2) is 0 Å². The fourth-order valence-electron chi connectivity index (χ4n) is 4.12. The van der Waals surface area contributed by atoms with Gasteiger partial charge in [0.25, 0.3) is 0 Å². The lowest BCUT2D eigenvalue weighted by atomic mass is 9.96. The number of nitrogens with zero attached hydrogens (tertiary/aromatic N) is 2. The van der Waals surface area contributed by atoms with Gasteiger partial charge in [-0.25, -0.2) is 0 Å².